The normalized spacial score (nSPS) is 14.7. The average molecular weight is 329 g/mol. The molecule has 0 bridgehead atoms. The third kappa shape index (κ3) is 15.2. The molecule has 0 spiro atoms. The molecular formula is C21H48N2. The molecular weight excluding hydrogens is 280 g/mol. The molecule has 0 aromatic heterocycles. The molecule has 0 saturated heterocycles. The highest BCUT2D eigenvalue weighted by molar-refractivity contribution is 4.72. The van der Waals surface area contributed by atoms with E-state index in [0.717, 1.165) is 30.8 Å². The molecule has 2 heteroatoms. The summed E-state index contributed by atoms with van der Waals surface area (Å²) in [5, 5.41) is 0. The van der Waals surface area contributed by atoms with Crippen molar-refractivity contribution in [2.24, 2.45) is 29.2 Å². The zero-order valence-corrected chi connectivity index (χ0v) is 17.1. The van der Waals surface area contributed by atoms with Crippen molar-refractivity contribution < 1.29 is 0 Å². The monoisotopic (exact) mass is 328 g/mol. The highest BCUT2D eigenvalue weighted by Crippen LogP contribution is 2.29. The molecule has 0 saturated carbocycles. The molecule has 142 valence electrons. The fraction of sp³-hybridized carbons (Fsp3) is 1.00. The molecule has 0 amide bonds. The second-order valence-electron chi connectivity index (χ2n) is 6.97. The number of nitrogens with two attached hydrogens (primary N) is 2. The Bertz CT molecular complexity index is 188. The van der Waals surface area contributed by atoms with Gasteiger partial charge in [0.15, 0.2) is 0 Å². The predicted octanol–water partition coefficient (Wildman–Crippen LogP) is 6.13. The van der Waals surface area contributed by atoms with E-state index in [1.807, 2.05) is 13.8 Å². The van der Waals surface area contributed by atoms with Gasteiger partial charge in [-0.3, -0.25) is 0 Å². The Balaban J connectivity index is 0. The SMILES string of the molecule is CC.CCCCC(CN)CC(CCCC)CC(CN)CCCC. The van der Waals surface area contributed by atoms with Gasteiger partial charge >= 0.3 is 0 Å². The first-order valence-electron chi connectivity index (χ1n) is 10.6. The van der Waals surface area contributed by atoms with Crippen LogP contribution in [0.15, 0.2) is 0 Å². The summed E-state index contributed by atoms with van der Waals surface area (Å²) in [5.74, 6) is 2.31. The lowest BCUT2D eigenvalue weighted by molar-refractivity contribution is 0.268. The van der Waals surface area contributed by atoms with Crippen LogP contribution in [0.3, 0.4) is 0 Å². The Labute approximate surface area is 148 Å². The summed E-state index contributed by atoms with van der Waals surface area (Å²) in [5.41, 5.74) is 12.0. The standard InChI is InChI=1S/C19H42N2.C2H6/c1-4-7-10-17(13-18(15-20)11-8-5-2)14-19(16-21)12-9-6-3;1-2/h17-19H,4-16,20-21H2,1-3H3;1-2H3. The fourth-order valence-corrected chi connectivity index (χ4v) is 3.42. The lowest BCUT2D eigenvalue weighted by Gasteiger charge is -2.26. The first-order chi connectivity index (χ1) is 11.2. The summed E-state index contributed by atoms with van der Waals surface area (Å²) in [6.07, 6.45) is 14.6. The lowest BCUT2D eigenvalue weighted by Crippen LogP contribution is -2.23. The predicted molar refractivity (Wildman–Crippen MR) is 108 cm³/mol. The van der Waals surface area contributed by atoms with Crippen LogP contribution in [0.2, 0.25) is 0 Å². The molecule has 23 heavy (non-hydrogen) atoms. The Morgan fingerprint density at radius 1 is 0.565 bits per heavy atom. The minimum absolute atomic E-state index is 0.733. The largest absolute Gasteiger partial charge is 0.330 e. The third-order valence-electron chi connectivity index (χ3n) is 4.90. The molecule has 0 aliphatic carbocycles. The second kappa shape index (κ2) is 20.0. The van der Waals surface area contributed by atoms with Gasteiger partial charge in [0, 0.05) is 0 Å². The van der Waals surface area contributed by atoms with E-state index in [0.29, 0.717) is 0 Å². The van der Waals surface area contributed by atoms with E-state index in [-0.39, 0.29) is 0 Å². The number of hydrogen-bond acceptors (Lipinski definition) is 2. The highest BCUT2D eigenvalue weighted by atomic mass is 14.6. The maximum atomic E-state index is 6.01. The van der Waals surface area contributed by atoms with E-state index in [1.165, 1.54) is 70.6 Å². The third-order valence-corrected chi connectivity index (χ3v) is 4.90. The van der Waals surface area contributed by atoms with Crippen molar-refractivity contribution in [3.8, 4) is 0 Å². The van der Waals surface area contributed by atoms with E-state index in [1.54, 1.807) is 0 Å². The molecule has 0 rings (SSSR count). The number of unbranched alkanes of at least 4 members (excludes halogenated alkanes) is 3. The Morgan fingerprint density at radius 2 is 0.870 bits per heavy atom. The van der Waals surface area contributed by atoms with Crippen molar-refractivity contribution in [1.29, 1.82) is 0 Å². The molecule has 0 aromatic rings. The van der Waals surface area contributed by atoms with Crippen molar-refractivity contribution in [2.45, 2.75) is 105 Å². The maximum absolute atomic E-state index is 6.01. The molecule has 0 heterocycles. The van der Waals surface area contributed by atoms with Crippen LogP contribution in [0.25, 0.3) is 0 Å². The van der Waals surface area contributed by atoms with Gasteiger partial charge in [0.25, 0.3) is 0 Å². The van der Waals surface area contributed by atoms with E-state index in [2.05, 4.69) is 20.8 Å². The Kier molecular flexibility index (Phi) is 21.8. The summed E-state index contributed by atoms with van der Waals surface area (Å²) in [7, 11) is 0. The first kappa shape index (κ1) is 25.2. The van der Waals surface area contributed by atoms with E-state index in [9.17, 15) is 0 Å². The minimum Gasteiger partial charge on any atom is -0.330 e. The van der Waals surface area contributed by atoms with Crippen LogP contribution in [0.4, 0.5) is 0 Å². The number of hydrogen-bond donors (Lipinski definition) is 2. The van der Waals surface area contributed by atoms with E-state index < -0.39 is 0 Å². The lowest BCUT2D eigenvalue weighted by atomic mass is 9.81. The molecule has 2 nitrogen and oxygen atoms in total. The van der Waals surface area contributed by atoms with Gasteiger partial charge in [-0.2, -0.15) is 0 Å². The van der Waals surface area contributed by atoms with Gasteiger partial charge in [-0.15, -0.1) is 0 Å². The fourth-order valence-electron chi connectivity index (χ4n) is 3.42. The zero-order valence-electron chi connectivity index (χ0n) is 17.1. The van der Waals surface area contributed by atoms with Crippen molar-refractivity contribution in [1.82, 2.24) is 0 Å². The highest BCUT2D eigenvalue weighted by Gasteiger charge is 2.19. The van der Waals surface area contributed by atoms with E-state index >= 15 is 0 Å². The molecule has 2 atom stereocenters. The van der Waals surface area contributed by atoms with Gasteiger partial charge in [0.1, 0.15) is 0 Å². The van der Waals surface area contributed by atoms with Crippen LogP contribution in [0, 0.1) is 17.8 Å². The average Bonchev–Trinajstić information content (AvgIpc) is 2.61. The van der Waals surface area contributed by atoms with Crippen molar-refractivity contribution >= 4 is 0 Å². The summed E-state index contributed by atoms with van der Waals surface area (Å²) >= 11 is 0. The number of rotatable bonds is 15. The topological polar surface area (TPSA) is 52.0 Å². The Morgan fingerprint density at radius 3 is 1.13 bits per heavy atom. The smallest absolute Gasteiger partial charge is 0.00488 e. The van der Waals surface area contributed by atoms with E-state index in [4.69, 9.17) is 11.5 Å². The summed E-state index contributed by atoms with van der Waals surface area (Å²) in [4.78, 5) is 0. The van der Waals surface area contributed by atoms with Gasteiger partial charge in [-0.05, 0) is 56.5 Å². The van der Waals surface area contributed by atoms with Crippen molar-refractivity contribution in [3.63, 3.8) is 0 Å². The minimum atomic E-state index is 0.733. The molecule has 0 aromatic carbocycles. The second-order valence-corrected chi connectivity index (χ2v) is 6.97. The quantitative estimate of drug-likeness (QED) is 0.380. The van der Waals surface area contributed by atoms with Crippen LogP contribution in [-0.2, 0) is 0 Å². The summed E-state index contributed by atoms with van der Waals surface area (Å²) in [6, 6.07) is 0. The molecule has 0 aliphatic rings. The van der Waals surface area contributed by atoms with Crippen molar-refractivity contribution in [3.05, 3.63) is 0 Å². The van der Waals surface area contributed by atoms with Crippen LogP contribution >= 0.6 is 0 Å². The molecule has 4 N–H and O–H groups in total. The van der Waals surface area contributed by atoms with Gasteiger partial charge in [-0.25, -0.2) is 0 Å². The molecule has 0 radical (unpaired) electrons. The van der Waals surface area contributed by atoms with Crippen LogP contribution < -0.4 is 11.5 Å². The zero-order chi connectivity index (χ0) is 17.9. The Hall–Kier alpha value is -0.0800. The van der Waals surface area contributed by atoms with Crippen LogP contribution in [-0.4, -0.2) is 13.1 Å². The van der Waals surface area contributed by atoms with Crippen molar-refractivity contribution in [2.75, 3.05) is 13.1 Å². The first-order valence-corrected chi connectivity index (χ1v) is 10.6. The van der Waals surface area contributed by atoms with Gasteiger partial charge in [-0.1, -0.05) is 79.6 Å². The summed E-state index contributed by atoms with van der Waals surface area (Å²) < 4.78 is 0. The van der Waals surface area contributed by atoms with Gasteiger partial charge in [0.2, 0.25) is 0 Å². The van der Waals surface area contributed by atoms with Gasteiger partial charge < -0.3 is 11.5 Å². The van der Waals surface area contributed by atoms with Crippen LogP contribution in [0.1, 0.15) is 105 Å². The molecule has 0 fully saturated rings. The molecule has 2 unspecified atom stereocenters. The molecule has 0 aliphatic heterocycles. The maximum Gasteiger partial charge on any atom is -0.00488 e. The van der Waals surface area contributed by atoms with Crippen LogP contribution in [0.5, 0.6) is 0 Å². The summed E-state index contributed by atoms with van der Waals surface area (Å²) in [6.45, 7) is 12.6. The van der Waals surface area contributed by atoms with Gasteiger partial charge in [0.05, 0.1) is 0 Å².